The first-order chi connectivity index (χ1) is 7.29. The van der Waals surface area contributed by atoms with Gasteiger partial charge in [-0.2, -0.15) is 4.74 Å². The second-order valence-corrected chi connectivity index (χ2v) is 9.63. The number of nitro benzene ring substituents is 1. The number of benzene rings is 1. The lowest BCUT2D eigenvalue weighted by atomic mass is 10.2. The van der Waals surface area contributed by atoms with E-state index in [1.807, 2.05) is 0 Å². The monoisotopic (exact) mass is 300 g/mol. The molecule has 9 heteroatoms. The maximum Gasteiger partial charge on any atom is 0.279 e. The van der Waals surface area contributed by atoms with Crippen molar-refractivity contribution >= 4 is 50.4 Å². The van der Waals surface area contributed by atoms with Gasteiger partial charge in [0.2, 0.25) is 5.11 Å². The highest BCUT2D eigenvalue weighted by Crippen LogP contribution is 2.65. The number of hydrogen-bond donors (Lipinski definition) is 0. The van der Waals surface area contributed by atoms with Crippen molar-refractivity contribution < 1.29 is 9.72 Å². The van der Waals surface area contributed by atoms with Crippen LogP contribution in [0.3, 0.4) is 0 Å². The van der Waals surface area contributed by atoms with Crippen LogP contribution in [0.1, 0.15) is 10.4 Å². The number of nitrogens with zero attached hydrogens (tertiary/aromatic N) is 2. The zero-order valence-electron chi connectivity index (χ0n) is 7.51. The van der Waals surface area contributed by atoms with Crippen molar-refractivity contribution in [2.24, 2.45) is 4.74 Å². The molecule has 1 amide bonds. The van der Waals surface area contributed by atoms with Crippen molar-refractivity contribution in [1.29, 1.82) is 0 Å². The third-order valence-electron chi connectivity index (χ3n) is 1.51. The van der Waals surface area contributed by atoms with E-state index in [1.54, 1.807) is 0 Å². The Balaban J connectivity index is 3.11. The predicted molar refractivity (Wildman–Crippen MR) is 64.3 cm³/mol. The van der Waals surface area contributed by atoms with Gasteiger partial charge in [0.25, 0.3) is 11.6 Å². The van der Waals surface area contributed by atoms with Gasteiger partial charge in [0.1, 0.15) is 0 Å². The second kappa shape index (κ2) is 5.15. The minimum Gasteiger partial charge on any atom is -0.267 e. The molecule has 1 aromatic carbocycles. The van der Waals surface area contributed by atoms with Crippen molar-refractivity contribution in [2.75, 3.05) is 0 Å². The van der Waals surface area contributed by atoms with Gasteiger partial charge in [-0.3, -0.25) is 14.9 Å². The first-order valence-corrected chi connectivity index (χ1v) is 8.25. The molecule has 1 aromatic rings. The SMILES string of the molecule is O=C(N=P(Cl)(Cl)Cl)c1cccc([N+](=O)[O-])c1. The molecule has 0 aromatic heterocycles. The Kier molecular flexibility index (Phi) is 4.33. The van der Waals surface area contributed by atoms with E-state index >= 15 is 0 Å². The minimum atomic E-state index is -3.15. The molecule has 0 N–H and O–H groups in total. The Labute approximate surface area is 105 Å². The molecular weight excluding hydrogens is 297 g/mol. The number of rotatable bonds is 2. The fourth-order valence-electron chi connectivity index (χ4n) is 0.913. The molecule has 0 aliphatic rings. The summed E-state index contributed by atoms with van der Waals surface area (Å²) in [5, 5.41) is 7.30. The fourth-order valence-corrected chi connectivity index (χ4v) is 1.85. The molecular formula is C7H4Cl3N2O3P. The molecule has 0 unspecified atom stereocenters. The topological polar surface area (TPSA) is 72.6 Å². The summed E-state index contributed by atoms with van der Waals surface area (Å²) < 4.78 is 3.33. The molecule has 0 radical (unpaired) electrons. The van der Waals surface area contributed by atoms with Crippen LogP contribution < -0.4 is 0 Å². The van der Waals surface area contributed by atoms with Crippen LogP contribution in [0.4, 0.5) is 5.69 Å². The summed E-state index contributed by atoms with van der Waals surface area (Å²) in [5.41, 5.74) is -0.204. The molecule has 0 saturated heterocycles. The first kappa shape index (κ1) is 13.5. The molecule has 0 aliphatic carbocycles. The Morgan fingerprint density at radius 1 is 1.38 bits per heavy atom. The Morgan fingerprint density at radius 3 is 2.50 bits per heavy atom. The minimum absolute atomic E-state index is 0.0144. The lowest BCUT2D eigenvalue weighted by molar-refractivity contribution is -0.384. The number of carbonyl (C=O) groups excluding carboxylic acids is 1. The van der Waals surface area contributed by atoms with Crippen LogP contribution in [0.2, 0.25) is 0 Å². The molecule has 86 valence electrons. The van der Waals surface area contributed by atoms with Crippen molar-refractivity contribution in [3.8, 4) is 0 Å². The average Bonchev–Trinajstić information content (AvgIpc) is 2.15. The quantitative estimate of drug-likeness (QED) is 0.462. The molecule has 0 spiro atoms. The van der Waals surface area contributed by atoms with Crippen LogP contribution in [0.25, 0.3) is 0 Å². The van der Waals surface area contributed by atoms with Gasteiger partial charge >= 0.3 is 0 Å². The van der Waals surface area contributed by atoms with Crippen molar-refractivity contribution in [3.05, 3.63) is 39.9 Å². The number of nitro groups is 1. The zero-order chi connectivity index (χ0) is 12.3. The number of amides is 1. The van der Waals surface area contributed by atoms with Crippen molar-refractivity contribution in [3.63, 3.8) is 0 Å². The summed E-state index contributed by atoms with van der Waals surface area (Å²) in [7, 11) is 0. The van der Waals surface area contributed by atoms with Crippen LogP contribution in [0, 0.1) is 10.1 Å². The van der Waals surface area contributed by atoms with E-state index in [0.29, 0.717) is 0 Å². The molecule has 0 aliphatic heterocycles. The highest BCUT2D eigenvalue weighted by Gasteiger charge is 2.14. The van der Waals surface area contributed by atoms with E-state index in [4.69, 9.17) is 33.7 Å². The van der Waals surface area contributed by atoms with E-state index in [9.17, 15) is 14.9 Å². The standard InChI is InChI=1S/C7H4Cl3N2O3P/c8-16(9,10)11-7(13)5-2-1-3-6(4-5)12(14)15/h1-4H. The Hall–Kier alpha value is -0.610. The van der Waals surface area contributed by atoms with Crippen LogP contribution in [0.5, 0.6) is 0 Å². The highest BCUT2D eigenvalue weighted by atomic mass is 36.0. The second-order valence-electron chi connectivity index (χ2n) is 2.63. The number of hydrogen-bond acceptors (Lipinski definition) is 3. The molecule has 0 bridgehead atoms. The average molecular weight is 301 g/mol. The normalized spacial score (nSPS) is 10.9. The van der Waals surface area contributed by atoms with E-state index in [-0.39, 0.29) is 11.3 Å². The highest BCUT2D eigenvalue weighted by molar-refractivity contribution is 8.26. The molecule has 0 fully saturated rings. The lowest BCUT2D eigenvalue weighted by Gasteiger charge is -1.98. The molecule has 0 heterocycles. The summed E-state index contributed by atoms with van der Waals surface area (Å²) in [4.78, 5) is 21.2. The zero-order valence-corrected chi connectivity index (χ0v) is 10.7. The van der Waals surface area contributed by atoms with Crippen LogP contribution in [0.15, 0.2) is 29.0 Å². The largest absolute Gasteiger partial charge is 0.279 e. The molecule has 0 atom stereocenters. The summed E-state index contributed by atoms with van der Waals surface area (Å²) in [6.07, 6.45) is 0. The third kappa shape index (κ3) is 4.10. The maximum absolute atomic E-state index is 11.4. The van der Waals surface area contributed by atoms with Gasteiger partial charge in [0.15, 0.2) is 0 Å². The van der Waals surface area contributed by atoms with Gasteiger partial charge in [0.05, 0.1) is 4.92 Å². The van der Waals surface area contributed by atoms with Gasteiger partial charge in [0, 0.05) is 17.7 Å². The van der Waals surface area contributed by atoms with Crippen molar-refractivity contribution in [2.45, 2.75) is 0 Å². The third-order valence-corrected chi connectivity index (χ3v) is 2.60. The summed E-state index contributed by atoms with van der Waals surface area (Å²) in [6.45, 7) is 0. The van der Waals surface area contributed by atoms with Gasteiger partial charge < -0.3 is 0 Å². The molecule has 1 rings (SSSR count). The molecule has 5 nitrogen and oxygen atoms in total. The van der Waals surface area contributed by atoms with E-state index in [1.165, 1.54) is 18.2 Å². The number of carbonyl (C=O) groups is 1. The predicted octanol–water partition coefficient (Wildman–Crippen LogP) is 4.40. The van der Waals surface area contributed by atoms with Gasteiger partial charge in [-0.25, -0.2) is 0 Å². The van der Waals surface area contributed by atoms with Gasteiger partial charge in [-0.05, 0) is 39.8 Å². The Bertz CT molecular complexity index is 491. The van der Waals surface area contributed by atoms with Crippen LogP contribution in [-0.4, -0.2) is 10.8 Å². The molecule has 16 heavy (non-hydrogen) atoms. The van der Waals surface area contributed by atoms with E-state index in [2.05, 4.69) is 4.74 Å². The summed E-state index contributed by atoms with van der Waals surface area (Å²) in [5.74, 6) is -0.781. The van der Waals surface area contributed by atoms with Crippen LogP contribution >= 0.6 is 38.8 Å². The first-order valence-electron chi connectivity index (χ1n) is 3.79. The number of halogens is 3. The Morgan fingerprint density at radius 2 is 2.00 bits per heavy atom. The smallest absolute Gasteiger partial charge is 0.267 e. The van der Waals surface area contributed by atoms with Crippen LogP contribution in [-0.2, 0) is 0 Å². The molecule has 0 saturated carbocycles. The van der Waals surface area contributed by atoms with Gasteiger partial charge in [-0.1, -0.05) is 6.07 Å². The fraction of sp³-hybridized carbons (Fsp3) is 0. The summed E-state index contributed by atoms with van der Waals surface area (Å²) in [6, 6.07) is 5.05. The maximum atomic E-state index is 11.4. The lowest BCUT2D eigenvalue weighted by Crippen LogP contribution is -1.95. The van der Waals surface area contributed by atoms with E-state index in [0.717, 1.165) is 6.07 Å². The number of non-ortho nitro benzene ring substituents is 1. The van der Waals surface area contributed by atoms with Crippen molar-refractivity contribution in [1.82, 2.24) is 0 Å². The summed E-state index contributed by atoms with van der Waals surface area (Å²) >= 11 is 16.2. The van der Waals surface area contributed by atoms with Gasteiger partial charge in [-0.15, -0.1) is 0 Å². The van der Waals surface area contributed by atoms with E-state index < -0.39 is 15.9 Å².